The van der Waals surface area contributed by atoms with Crippen molar-refractivity contribution in [2.75, 3.05) is 55.6 Å². The molecule has 1 unspecified atom stereocenters. The smallest absolute Gasteiger partial charge is 0.246 e. The van der Waals surface area contributed by atoms with Crippen molar-refractivity contribution < 1.29 is 18.7 Å². The van der Waals surface area contributed by atoms with Crippen LogP contribution in [0.3, 0.4) is 0 Å². The number of hydrogen-bond donors (Lipinski definition) is 1. The molecule has 0 bridgehead atoms. The van der Waals surface area contributed by atoms with E-state index in [-0.39, 0.29) is 39.0 Å². The van der Waals surface area contributed by atoms with E-state index in [1.165, 1.54) is 31.1 Å². The van der Waals surface area contributed by atoms with Gasteiger partial charge >= 0.3 is 0 Å². The third-order valence-corrected chi connectivity index (χ3v) is 10.0. The fourth-order valence-electron chi connectivity index (χ4n) is 7.16. The summed E-state index contributed by atoms with van der Waals surface area (Å²) in [5.74, 6) is -1.20. The Hall–Kier alpha value is -3.50. The summed E-state index contributed by atoms with van der Waals surface area (Å²) in [7, 11) is 0. The molecular formula is C32H35ClF2N6O2. The lowest BCUT2D eigenvalue weighted by atomic mass is 9.72. The molecule has 1 saturated carbocycles. The molecule has 1 N–H and O–H groups in total. The number of piperazine rings is 1. The second kappa shape index (κ2) is 10.6. The van der Waals surface area contributed by atoms with Crippen LogP contribution in [0.4, 0.5) is 20.5 Å². The number of halogens is 3. The zero-order valence-corrected chi connectivity index (χ0v) is 25.0. The summed E-state index contributed by atoms with van der Waals surface area (Å²) < 4.78 is 31.4. The van der Waals surface area contributed by atoms with Gasteiger partial charge in [-0.1, -0.05) is 24.2 Å². The van der Waals surface area contributed by atoms with Crippen LogP contribution in [0.1, 0.15) is 32.6 Å². The number of fused-ring (bicyclic) bond motifs is 1. The van der Waals surface area contributed by atoms with E-state index in [1.807, 2.05) is 11.8 Å². The fourth-order valence-corrected chi connectivity index (χ4v) is 7.45. The van der Waals surface area contributed by atoms with Crippen LogP contribution in [0.2, 0.25) is 5.02 Å². The summed E-state index contributed by atoms with van der Waals surface area (Å²) in [6.07, 6.45) is 6.18. The summed E-state index contributed by atoms with van der Waals surface area (Å²) in [6.45, 7) is 10.8. The van der Waals surface area contributed by atoms with Gasteiger partial charge in [0.1, 0.15) is 22.9 Å². The maximum absolute atomic E-state index is 16.5. The Morgan fingerprint density at radius 3 is 2.49 bits per heavy atom. The average Bonchev–Trinajstić information content (AvgIpc) is 3.82. The van der Waals surface area contributed by atoms with Gasteiger partial charge < -0.3 is 24.7 Å². The van der Waals surface area contributed by atoms with Gasteiger partial charge in [0, 0.05) is 61.2 Å². The summed E-state index contributed by atoms with van der Waals surface area (Å²) in [6, 6.07) is 6.00. The molecule has 3 saturated heterocycles. The lowest BCUT2D eigenvalue weighted by Gasteiger charge is -2.54. The van der Waals surface area contributed by atoms with E-state index in [1.54, 1.807) is 11.0 Å². The van der Waals surface area contributed by atoms with Crippen LogP contribution in [0.5, 0.6) is 5.75 Å². The molecule has 3 aromatic rings. The maximum atomic E-state index is 16.5. The minimum absolute atomic E-state index is 0.0174. The van der Waals surface area contributed by atoms with Crippen molar-refractivity contribution in [3.05, 3.63) is 53.6 Å². The van der Waals surface area contributed by atoms with Gasteiger partial charge in [0.15, 0.2) is 5.82 Å². The Morgan fingerprint density at radius 2 is 1.84 bits per heavy atom. The fraction of sp³-hybridized carbons (Fsp3) is 0.469. The number of hydrogen-bond acceptors (Lipinski definition) is 7. The Kier molecular flexibility index (Phi) is 6.97. The zero-order valence-electron chi connectivity index (χ0n) is 24.2. The molecule has 4 fully saturated rings. The molecule has 1 aromatic heterocycles. The maximum Gasteiger partial charge on any atom is 0.246 e. The standard InChI is InChI=1S/C32H35ClF2N6O2/c1-3-25(43)41-14-13-39(16-19(41)2)30-21-15-22(33)26(27-23(34)5-4-6-24(27)42)28(35)29(21)36-31(37-30)40-17-32(18-40)9-11-38(12-10-32)20-7-8-20/h3-6,15,19-20,42H,1,7-14,16-18H2,2H3. The van der Waals surface area contributed by atoms with Crippen LogP contribution in [0.25, 0.3) is 22.0 Å². The first-order chi connectivity index (χ1) is 20.7. The van der Waals surface area contributed by atoms with E-state index in [0.29, 0.717) is 36.8 Å². The Bertz CT molecular complexity index is 1600. The molecule has 3 aliphatic heterocycles. The molecular weight excluding hydrogens is 574 g/mol. The van der Waals surface area contributed by atoms with Crippen LogP contribution in [0.15, 0.2) is 36.9 Å². The first-order valence-corrected chi connectivity index (χ1v) is 15.4. The summed E-state index contributed by atoms with van der Waals surface area (Å²) in [5.41, 5.74) is -0.312. The van der Waals surface area contributed by atoms with Crippen LogP contribution in [-0.2, 0) is 4.79 Å². The molecule has 11 heteroatoms. The molecule has 0 radical (unpaired) electrons. The van der Waals surface area contributed by atoms with Gasteiger partial charge in [-0.05, 0) is 70.0 Å². The van der Waals surface area contributed by atoms with Crippen LogP contribution >= 0.6 is 11.6 Å². The summed E-state index contributed by atoms with van der Waals surface area (Å²) in [5, 5.41) is 10.8. The molecule has 43 heavy (non-hydrogen) atoms. The van der Waals surface area contributed by atoms with Gasteiger partial charge in [0.2, 0.25) is 11.9 Å². The number of carbonyl (C=O) groups is 1. The Labute approximate surface area is 254 Å². The molecule has 4 aliphatic rings. The predicted octanol–water partition coefficient (Wildman–Crippen LogP) is 5.22. The van der Waals surface area contributed by atoms with Crippen molar-refractivity contribution >= 4 is 40.2 Å². The number of rotatable bonds is 5. The second-order valence-electron chi connectivity index (χ2n) is 12.6. The van der Waals surface area contributed by atoms with Gasteiger partial charge in [0.05, 0.1) is 10.6 Å². The largest absolute Gasteiger partial charge is 0.507 e. The number of benzene rings is 2. The average molecular weight is 609 g/mol. The number of likely N-dealkylation sites (tertiary alicyclic amines) is 1. The van der Waals surface area contributed by atoms with Crippen molar-refractivity contribution in [2.45, 2.75) is 44.7 Å². The minimum Gasteiger partial charge on any atom is -0.507 e. The number of carbonyl (C=O) groups excluding carboxylic acids is 1. The topological polar surface area (TPSA) is 76.0 Å². The van der Waals surface area contributed by atoms with Crippen LogP contribution in [0, 0.1) is 17.0 Å². The molecule has 1 spiro atoms. The summed E-state index contributed by atoms with van der Waals surface area (Å²) >= 11 is 6.62. The molecule has 7 rings (SSSR count). The molecule has 226 valence electrons. The lowest BCUT2D eigenvalue weighted by Crippen LogP contribution is -2.61. The number of piperidine rings is 1. The molecule has 1 atom stereocenters. The second-order valence-corrected chi connectivity index (χ2v) is 13.0. The van der Waals surface area contributed by atoms with E-state index in [4.69, 9.17) is 21.6 Å². The lowest BCUT2D eigenvalue weighted by molar-refractivity contribution is -0.128. The highest BCUT2D eigenvalue weighted by Crippen LogP contribution is 2.46. The number of phenols is 1. The number of phenolic OH excluding ortho intramolecular Hbond substituents is 1. The molecule has 1 amide bonds. The van der Waals surface area contributed by atoms with Crippen molar-refractivity contribution in [1.82, 2.24) is 19.8 Å². The van der Waals surface area contributed by atoms with Crippen molar-refractivity contribution in [1.29, 1.82) is 0 Å². The highest BCUT2D eigenvalue weighted by atomic mass is 35.5. The van der Waals surface area contributed by atoms with Crippen molar-refractivity contribution in [3.63, 3.8) is 0 Å². The normalized spacial score (nSPS) is 22.2. The van der Waals surface area contributed by atoms with E-state index in [2.05, 4.69) is 16.4 Å². The highest BCUT2D eigenvalue weighted by Gasteiger charge is 2.47. The third kappa shape index (κ3) is 4.88. The minimum atomic E-state index is -0.811. The van der Waals surface area contributed by atoms with Gasteiger partial charge in [-0.25, -0.2) is 13.8 Å². The van der Waals surface area contributed by atoms with Crippen LogP contribution in [-0.4, -0.2) is 88.7 Å². The SMILES string of the molecule is C=CC(=O)N1CCN(c2nc(N3CC4(CCN(C5CC5)CC4)C3)nc3c(F)c(-c4c(O)cccc4F)c(Cl)cc23)CC1C. The van der Waals surface area contributed by atoms with Gasteiger partial charge in [-0.3, -0.25) is 4.79 Å². The summed E-state index contributed by atoms with van der Waals surface area (Å²) in [4.78, 5) is 30.6. The number of aromatic nitrogens is 2. The van der Waals surface area contributed by atoms with Crippen LogP contribution < -0.4 is 9.80 Å². The van der Waals surface area contributed by atoms with Crippen molar-refractivity contribution in [2.24, 2.45) is 5.41 Å². The number of anilines is 2. The van der Waals surface area contributed by atoms with Gasteiger partial charge in [-0.15, -0.1) is 0 Å². The number of aromatic hydroxyl groups is 1. The predicted molar refractivity (Wildman–Crippen MR) is 164 cm³/mol. The molecule has 2 aromatic carbocycles. The van der Waals surface area contributed by atoms with Gasteiger partial charge in [0.25, 0.3) is 0 Å². The van der Waals surface area contributed by atoms with E-state index in [0.717, 1.165) is 51.1 Å². The van der Waals surface area contributed by atoms with Gasteiger partial charge in [-0.2, -0.15) is 4.98 Å². The van der Waals surface area contributed by atoms with E-state index < -0.39 is 17.4 Å². The first-order valence-electron chi connectivity index (χ1n) is 15.0. The molecule has 1 aliphatic carbocycles. The monoisotopic (exact) mass is 608 g/mol. The quantitative estimate of drug-likeness (QED) is 0.398. The molecule has 4 heterocycles. The number of amides is 1. The Balaban J connectivity index is 1.28. The molecule has 8 nitrogen and oxygen atoms in total. The highest BCUT2D eigenvalue weighted by molar-refractivity contribution is 6.34. The van der Waals surface area contributed by atoms with E-state index in [9.17, 15) is 14.3 Å². The van der Waals surface area contributed by atoms with Crippen molar-refractivity contribution in [3.8, 4) is 16.9 Å². The number of nitrogens with zero attached hydrogens (tertiary/aromatic N) is 6. The zero-order chi connectivity index (χ0) is 30.0. The van der Waals surface area contributed by atoms with E-state index >= 15 is 4.39 Å². The Morgan fingerprint density at radius 1 is 1.09 bits per heavy atom. The first kappa shape index (κ1) is 28.3. The third-order valence-electron chi connectivity index (χ3n) is 9.73.